The Labute approximate surface area is 324 Å². The number of aliphatic carboxylic acids is 1. The van der Waals surface area contributed by atoms with Crippen LogP contribution < -0.4 is 0 Å². The fourth-order valence-electron chi connectivity index (χ4n) is 2.74. The molecular weight excluding hydrogens is 800 g/mol. The van der Waals surface area contributed by atoms with Gasteiger partial charge in [0.15, 0.2) is 0 Å². The summed E-state index contributed by atoms with van der Waals surface area (Å²) in [5.74, 6) is -2.68. The molecule has 0 aliphatic heterocycles. The van der Waals surface area contributed by atoms with E-state index in [0.29, 0.717) is 37.2 Å². The summed E-state index contributed by atoms with van der Waals surface area (Å²) in [7, 11) is 1.89. The molecule has 0 saturated heterocycles. The quantitative estimate of drug-likeness (QED) is 0.0647. The monoisotopic (exact) mass is 866 g/mol. The molecule has 310 valence electrons. The van der Waals surface area contributed by atoms with Gasteiger partial charge in [0.25, 0.3) is 0 Å². The van der Waals surface area contributed by atoms with Gasteiger partial charge in [0, 0.05) is 30.8 Å². The van der Waals surface area contributed by atoms with E-state index in [4.69, 9.17) is 14.6 Å². The van der Waals surface area contributed by atoms with Gasteiger partial charge in [-0.1, -0.05) is 48.5 Å². The van der Waals surface area contributed by atoms with Crippen LogP contribution in [0.2, 0.25) is 0 Å². The second kappa shape index (κ2) is 31.9. The molecule has 0 saturated carbocycles. The number of nitrogens with zero attached hydrogens (tertiary/aromatic N) is 2. The molecule has 0 fully saturated rings. The Balaban J connectivity index is -0.000000138. The van der Waals surface area contributed by atoms with E-state index >= 15 is 0 Å². The molecule has 0 amide bonds. The Kier molecular flexibility index (Phi) is 38.5. The summed E-state index contributed by atoms with van der Waals surface area (Å²) in [5, 5.41) is 7.99. The standard InChI is InChI=1S/C11H23NO5S.C10H22NO2.C6H12O5S.C4H8O2.BrH.H2S/c1-10(2)11(13)17-8-7-12(3,4)6-5-9-18(14,15)16;1-9(2)10(12)13-8-6-7-11(3,4)5;1-2-6(7)11-4-3-5-12(8,9)10;1-3(2)4(5)6;;/h10H,5-9H2,1-4H3;9H,6-8H2,1-5H3;2-5H2,1H3,(H,8,9,10);3H,1-2H3,(H,5,6);1H;1H2/q;+1;;;;/p-1. The Hall–Kier alpha value is -1.55. The lowest BCUT2D eigenvalue weighted by molar-refractivity contribution is -0.890. The average molecular weight is 868 g/mol. The maximum absolute atomic E-state index is 11.2. The van der Waals surface area contributed by atoms with Crippen LogP contribution in [-0.4, -0.2) is 150 Å². The van der Waals surface area contributed by atoms with Crippen LogP contribution in [0.25, 0.3) is 0 Å². The van der Waals surface area contributed by atoms with Gasteiger partial charge in [0.1, 0.15) is 13.2 Å². The van der Waals surface area contributed by atoms with Crippen molar-refractivity contribution < 1.29 is 73.4 Å². The molecule has 1 N–H and O–H groups in total. The molecule has 0 aliphatic carbocycles. The van der Waals surface area contributed by atoms with Crippen LogP contribution in [0.5, 0.6) is 0 Å². The van der Waals surface area contributed by atoms with Crippen LogP contribution in [0, 0.1) is 17.8 Å². The van der Waals surface area contributed by atoms with Crippen molar-refractivity contribution in [3.05, 3.63) is 0 Å². The number of quaternary nitrogens is 2. The van der Waals surface area contributed by atoms with E-state index in [0.717, 1.165) is 17.4 Å². The summed E-state index contributed by atoms with van der Waals surface area (Å²) in [4.78, 5) is 42.4. The highest BCUT2D eigenvalue weighted by Gasteiger charge is 2.17. The second-order valence-corrected chi connectivity index (χ2v) is 16.7. The third kappa shape index (κ3) is 55.4. The van der Waals surface area contributed by atoms with Crippen LogP contribution in [0.3, 0.4) is 0 Å². The molecule has 16 nitrogen and oxygen atoms in total. The molecule has 0 aromatic rings. The minimum Gasteiger partial charge on any atom is -0.748 e. The lowest BCUT2D eigenvalue weighted by Gasteiger charge is -2.29. The summed E-state index contributed by atoms with van der Waals surface area (Å²) in [6, 6.07) is 0. The summed E-state index contributed by atoms with van der Waals surface area (Å²) >= 11 is 0. The molecule has 0 aliphatic rings. The predicted octanol–water partition coefficient (Wildman–Crippen LogP) is 2.77. The van der Waals surface area contributed by atoms with Crippen molar-refractivity contribution in [2.24, 2.45) is 17.8 Å². The molecule has 0 rings (SSSR count). The molecule has 0 heterocycles. The summed E-state index contributed by atoms with van der Waals surface area (Å²) in [5.41, 5.74) is 0. The van der Waals surface area contributed by atoms with Crippen molar-refractivity contribution in [2.45, 2.75) is 74.1 Å². The number of halogens is 1. The average Bonchev–Trinajstić information content (AvgIpc) is 2.92. The number of esters is 3. The first-order valence-electron chi connectivity index (χ1n) is 16.2. The number of rotatable bonds is 19. The minimum absolute atomic E-state index is 0. The van der Waals surface area contributed by atoms with Gasteiger partial charge in [-0.15, -0.1) is 17.0 Å². The SMILES string of the molecule is Br.CC(C)C(=O)O.CC(C)C(=O)OCCC[N+](C)(C)C.CC(C)C(=O)OCC[N+](C)(C)CCCS(=O)(=O)[O-].CCC(=O)OCCCS(=O)(=O)[O-].S. The molecule has 0 bridgehead atoms. The highest BCUT2D eigenvalue weighted by Crippen LogP contribution is 2.03. The van der Waals surface area contributed by atoms with Crippen LogP contribution >= 0.6 is 30.5 Å². The first-order valence-corrected chi connectivity index (χ1v) is 19.3. The second-order valence-electron chi connectivity index (χ2n) is 13.7. The van der Waals surface area contributed by atoms with E-state index < -0.39 is 37.9 Å². The van der Waals surface area contributed by atoms with Gasteiger partial charge in [-0.3, -0.25) is 19.2 Å². The van der Waals surface area contributed by atoms with Crippen molar-refractivity contribution in [2.75, 3.05) is 86.2 Å². The van der Waals surface area contributed by atoms with Gasteiger partial charge in [0.2, 0.25) is 0 Å². The zero-order valence-corrected chi connectivity index (χ0v) is 36.9. The zero-order chi connectivity index (χ0) is 39.6. The first-order chi connectivity index (χ1) is 22.0. The van der Waals surface area contributed by atoms with Crippen LogP contribution in [0.15, 0.2) is 0 Å². The Morgan fingerprint density at radius 3 is 1.33 bits per heavy atom. The summed E-state index contributed by atoms with van der Waals surface area (Å²) in [6.07, 6.45) is 1.57. The predicted molar refractivity (Wildman–Crippen MR) is 204 cm³/mol. The van der Waals surface area contributed by atoms with Gasteiger partial charge in [-0.2, -0.15) is 13.5 Å². The maximum Gasteiger partial charge on any atom is 0.308 e. The van der Waals surface area contributed by atoms with E-state index in [1.807, 2.05) is 27.9 Å². The van der Waals surface area contributed by atoms with E-state index in [-0.39, 0.29) is 85.4 Å². The minimum atomic E-state index is -4.17. The number of hydrogen-bond acceptors (Lipinski definition) is 13. The van der Waals surface area contributed by atoms with Crippen LogP contribution in [0.4, 0.5) is 0 Å². The summed E-state index contributed by atoms with van der Waals surface area (Å²) < 4.78 is 77.6. The van der Waals surface area contributed by atoms with E-state index in [9.17, 15) is 45.1 Å². The lowest BCUT2D eigenvalue weighted by atomic mass is 10.2. The maximum atomic E-state index is 11.2. The van der Waals surface area contributed by atoms with Gasteiger partial charge >= 0.3 is 23.9 Å². The zero-order valence-electron chi connectivity index (χ0n) is 32.6. The van der Waals surface area contributed by atoms with E-state index in [1.165, 1.54) is 0 Å². The van der Waals surface area contributed by atoms with E-state index in [2.05, 4.69) is 25.9 Å². The summed E-state index contributed by atoms with van der Waals surface area (Å²) in [6.45, 7) is 15.2. The number of carboxylic acids is 1. The molecule has 0 spiro atoms. The normalized spacial score (nSPS) is 11.2. The van der Waals surface area contributed by atoms with Gasteiger partial charge in [0.05, 0.1) is 99.5 Å². The van der Waals surface area contributed by atoms with Crippen molar-refractivity contribution >= 4 is 74.6 Å². The number of carboxylic acid groups (broad SMARTS) is 1. The Bertz CT molecular complexity index is 1160. The molecule has 0 radical (unpaired) electrons. The smallest absolute Gasteiger partial charge is 0.308 e. The van der Waals surface area contributed by atoms with Crippen LogP contribution in [0.1, 0.15) is 74.1 Å². The third-order valence-corrected chi connectivity index (χ3v) is 7.42. The van der Waals surface area contributed by atoms with Gasteiger partial charge in [-0.05, 0) is 6.42 Å². The number of ether oxygens (including phenoxy) is 3. The van der Waals surface area contributed by atoms with Crippen molar-refractivity contribution in [3.8, 4) is 0 Å². The lowest BCUT2D eigenvalue weighted by Crippen LogP contribution is -2.44. The topological polar surface area (TPSA) is 231 Å². The van der Waals surface area contributed by atoms with Crippen molar-refractivity contribution in [3.63, 3.8) is 0 Å². The van der Waals surface area contributed by atoms with Crippen molar-refractivity contribution in [1.29, 1.82) is 0 Å². The van der Waals surface area contributed by atoms with Crippen LogP contribution in [-0.2, 0) is 53.6 Å². The van der Waals surface area contributed by atoms with E-state index in [1.54, 1.807) is 34.6 Å². The Morgan fingerprint density at radius 2 is 1.00 bits per heavy atom. The number of carbonyl (C=O) groups is 4. The Morgan fingerprint density at radius 1 is 0.627 bits per heavy atom. The highest BCUT2D eigenvalue weighted by atomic mass is 79.9. The number of likely N-dealkylation sites (N-methyl/N-ethyl adjacent to an activating group) is 1. The third-order valence-electron chi connectivity index (χ3n) is 5.84. The highest BCUT2D eigenvalue weighted by molar-refractivity contribution is 8.93. The van der Waals surface area contributed by atoms with Gasteiger partial charge < -0.3 is 37.4 Å². The molecular formula is C31H67BrN2O14S3. The first kappa shape index (κ1) is 61.5. The molecule has 0 aromatic heterocycles. The van der Waals surface area contributed by atoms with Gasteiger partial charge in [-0.25, -0.2) is 16.8 Å². The molecule has 20 heteroatoms. The molecule has 51 heavy (non-hydrogen) atoms. The number of hydrogen-bond donors (Lipinski definition) is 1. The molecule has 0 aromatic carbocycles. The number of carbonyl (C=O) groups excluding carboxylic acids is 3. The largest absolute Gasteiger partial charge is 0.748 e. The fraction of sp³-hybridized carbons (Fsp3) is 0.871. The van der Waals surface area contributed by atoms with Crippen molar-refractivity contribution in [1.82, 2.24) is 0 Å². The fourth-order valence-corrected chi connectivity index (χ4v) is 3.70. The molecule has 0 unspecified atom stereocenters. The molecule has 0 atom stereocenters.